The summed E-state index contributed by atoms with van der Waals surface area (Å²) in [6, 6.07) is 19.5. The van der Waals surface area contributed by atoms with Crippen LogP contribution in [0.3, 0.4) is 0 Å². The van der Waals surface area contributed by atoms with Gasteiger partial charge in [-0.15, -0.1) is 0 Å². The molecule has 6 heterocycles. The van der Waals surface area contributed by atoms with Crippen LogP contribution in [0.1, 0.15) is 124 Å². The predicted molar refractivity (Wildman–Crippen MR) is 270 cm³/mol. The van der Waals surface area contributed by atoms with E-state index in [1.54, 1.807) is 12.1 Å². The highest BCUT2D eigenvalue weighted by atomic mass is 19.4. The van der Waals surface area contributed by atoms with Gasteiger partial charge in [-0.2, -0.15) is 52.7 Å². The Labute approximate surface area is 450 Å². The van der Waals surface area contributed by atoms with Gasteiger partial charge in [0.05, 0.1) is 47.3 Å². The number of hydrogen-bond donors (Lipinski definition) is 0. The Morgan fingerprint density at radius 3 is 0.950 bits per heavy atom. The third kappa shape index (κ3) is 17.1. The van der Waals surface area contributed by atoms with Crippen molar-refractivity contribution in [2.75, 3.05) is 0 Å². The van der Waals surface area contributed by atoms with Gasteiger partial charge in [-0.05, 0) is 107 Å². The first-order valence-corrected chi connectivity index (χ1v) is 24.2. The van der Waals surface area contributed by atoms with Gasteiger partial charge in [0, 0.05) is 51.6 Å². The standard InChI is InChI=1S/2C15H13F4N.2C14H12F4N2/c1-9(2)14-7-12(13(16)8-20-14)10-3-5-11(6-4-10)15(17,18)19;1-9(2)12-7-14(20-8-13(12)16)10-3-5-11(6-4-10)15(17,18)19;1-8(2)12-5-10(11(15)7-19-12)9-3-4-13(20-6-9)14(16,17)18;1-8(2)10-5-12(19-7-11(10)15)9-3-4-13(20-6-9)14(16,17)18/h2*3-9H,1-2H3;2*3-8H,1-2H3. The Bertz CT molecular complexity index is 3070. The minimum Gasteiger partial charge on any atom is -0.258 e. The summed E-state index contributed by atoms with van der Waals surface area (Å²) < 4.78 is 204. The molecule has 0 aliphatic rings. The fourth-order valence-electron chi connectivity index (χ4n) is 7.20. The highest BCUT2D eigenvalue weighted by Gasteiger charge is 2.34. The van der Waals surface area contributed by atoms with Gasteiger partial charge >= 0.3 is 24.7 Å². The zero-order chi connectivity index (χ0) is 59.7. The van der Waals surface area contributed by atoms with Gasteiger partial charge < -0.3 is 0 Å². The van der Waals surface area contributed by atoms with E-state index >= 15 is 0 Å². The summed E-state index contributed by atoms with van der Waals surface area (Å²) in [5.41, 5.74) is 1.86. The van der Waals surface area contributed by atoms with Crippen molar-refractivity contribution in [3.8, 4) is 44.8 Å². The van der Waals surface area contributed by atoms with Crippen molar-refractivity contribution in [2.45, 2.75) is 104 Å². The molecule has 2 aromatic carbocycles. The lowest BCUT2D eigenvalue weighted by atomic mass is 10.0. The lowest BCUT2D eigenvalue weighted by Gasteiger charge is -2.10. The van der Waals surface area contributed by atoms with Gasteiger partial charge in [0.1, 0.15) is 34.7 Å². The lowest BCUT2D eigenvalue weighted by Crippen LogP contribution is -2.07. The molecule has 0 saturated heterocycles. The van der Waals surface area contributed by atoms with Gasteiger partial charge in [-0.1, -0.05) is 85.7 Å². The molecule has 80 heavy (non-hydrogen) atoms. The molecule has 0 saturated carbocycles. The molecule has 0 amide bonds. The number of hydrogen-bond acceptors (Lipinski definition) is 6. The van der Waals surface area contributed by atoms with Crippen LogP contribution in [0.2, 0.25) is 0 Å². The van der Waals surface area contributed by atoms with Crippen molar-refractivity contribution in [3.63, 3.8) is 0 Å². The van der Waals surface area contributed by atoms with E-state index < -0.39 is 70.5 Å². The third-order valence-electron chi connectivity index (χ3n) is 11.7. The van der Waals surface area contributed by atoms with E-state index in [1.807, 2.05) is 55.4 Å². The molecule has 0 aliphatic carbocycles. The quantitative estimate of drug-likeness (QED) is 0.141. The number of halogens is 16. The Balaban J connectivity index is 0.000000196. The molecule has 0 radical (unpaired) electrons. The van der Waals surface area contributed by atoms with Crippen LogP contribution in [-0.2, 0) is 24.7 Å². The van der Waals surface area contributed by atoms with Crippen molar-refractivity contribution >= 4 is 0 Å². The van der Waals surface area contributed by atoms with Crippen molar-refractivity contribution in [2.24, 2.45) is 0 Å². The molecule has 0 atom stereocenters. The Hall–Kier alpha value is -7.78. The monoisotopic (exact) mass is 1130 g/mol. The third-order valence-corrected chi connectivity index (χ3v) is 11.7. The number of benzene rings is 2. The van der Waals surface area contributed by atoms with E-state index in [1.165, 1.54) is 48.5 Å². The first kappa shape index (κ1) is 63.1. The van der Waals surface area contributed by atoms with Gasteiger partial charge in [-0.25, -0.2) is 17.6 Å². The molecule has 0 N–H and O–H groups in total. The highest BCUT2D eigenvalue weighted by molar-refractivity contribution is 5.66. The van der Waals surface area contributed by atoms with Crippen LogP contribution in [0.5, 0.6) is 0 Å². The second-order valence-electron chi connectivity index (χ2n) is 19.0. The van der Waals surface area contributed by atoms with Crippen LogP contribution < -0.4 is 0 Å². The molecule has 0 bridgehead atoms. The zero-order valence-electron chi connectivity index (χ0n) is 43.7. The first-order chi connectivity index (χ1) is 37.1. The summed E-state index contributed by atoms with van der Waals surface area (Å²) in [7, 11) is 0. The maximum atomic E-state index is 13.8. The number of rotatable bonds is 8. The number of aromatic nitrogens is 6. The van der Waals surface area contributed by atoms with Crippen LogP contribution in [0.4, 0.5) is 70.2 Å². The summed E-state index contributed by atoms with van der Waals surface area (Å²) in [4.78, 5) is 22.4. The smallest absolute Gasteiger partial charge is 0.258 e. The average Bonchev–Trinajstić information content (AvgIpc) is 3.38. The molecule has 0 unspecified atom stereocenters. The van der Waals surface area contributed by atoms with Gasteiger partial charge in [0.15, 0.2) is 0 Å². The summed E-state index contributed by atoms with van der Waals surface area (Å²) >= 11 is 0. The molecule has 0 fully saturated rings. The van der Waals surface area contributed by atoms with Crippen molar-refractivity contribution in [1.82, 2.24) is 29.9 Å². The molecule has 0 spiro atoms. The van der Waals surface area contributed by atoms with Gasteiger partial charge in [-0.3, -0.25) is 29.9 Å². The second-order valence-corrected chi connectivity index (χ2v) is 19.0. The number of nitrogens with zero attached hydrogens (tertiary/aromatic N) is 6. The van der Waals surface area contributed by atoms with E-state index in [4.69, 9.17) is 0 Å². The molecule has 0 aliphatic heterocycles. The number of pyridine rings is 6. The van der Waals surface area contributed by atoms with Crippen LogP contribution in [0.15, 0.2) is 134 Å². The molecule has 6 nitrogen and oxygen atoms in total. The fraction of sp³-hybridized carbons (Fsp3) is 0.276. The SMILES string of the molecule is CC(C)c1cc(-c2ccc(C(F)(F)F)cc2)c(F)cn1.CC(C)c1cc(-c2ccc(C(F)(F)F)cc2)ncc1F.CC(C)c1cc(-c2ccc(C(F)(F)F)nc2)c(F)cn1.CC(C)c1cc(-c2ccc(C(F)(F)F)nc2)ncc1F. The zero-order valence-corrected chi connectivity index (χ0v) is 43.7. The Morgan fingerprint density at radius 2 is 0.625 bits per heavy atom. The normalized spacial score (nSPS) is 11.9. The van der Waals surface area contributed by atoms with Crippen molar-refractivity contribution in [3.05, 3.63) is 203 Å². The number of alkyl halides is 12. The van der Waals surface area contributed by atoms with E-state index in [9.17, 15) is 70.2 Å². The van der Waals surface area contributed by atoms with E-state index in [-0.39, 0.29) is 34.8 Å². The maximum Gasteiger partial charge on any atom is 0.433 e. The van der Waals surface area contributed by atoms with E-state index in [0.29, 0.717) is 56.2 Å². The molecule has 8 aromatic rings. The van der Waals surface area contributed by atoms with E-state index in [0.717, 1.165) is 73.6 Å². The molecule has 424 valence electrons. The molecule has 8 rings (SSSR count). The Kier molecular flexibility index (Phi) is 20.5. The predicted octanol–water partition coefficient (Wildman–Crippen LogP) is 18.9. The lowest BCUT2D eigenvalue weighted by molar-refractivity contribution is -0.141. The van der Waals surface area contributed by atoms with Crippen LogP contribution >= 0.6 is 0 Å². The summed E-state index contributed by atoms with van der Waals surface area (Å²) in [6.45, 7) is 15.0. The second kappa shape index (κ2) is 26.0. The fourth-order valence-corrected chi connectivity index (χ4v) is 7.20. The topological polar surface area (TPSA) is 77.3 Å². The molecule has 6 aromatic heterocycles. The highest BCUT2D eigenvalue weighted by Crippen LogP contribution is 2.35. The van der Waals surface area contributed by atoms with Gasteiger partial charge in [0.25, 0.3) is 0 Å². The minimum atomic E-state index is -4.50. The van der Waals surface area contributed by atoms with E-state index in [2.05, 4.69) is 29.9 Å². The largest absolute Gasteiger partial charge is 0.433 e. The summed E-state index contributed by atoms with van der Waals surface area (Å²) in [6.07, 6.45) is -11.3. The van der Waals surface area contributed by atoms with Crippen molar-refractivity contribution < 1.29 is 70.2 Å². The minimum absolute atomic E-state index is 0.0220. The Morgan fingerprint density at radius 1 is 0.300 bits per heavy atom. The summed E-state index contributed by atoms with van der Waals surface area (Å²) in [5, 5.41) is 0. The maximum absolute atomic E-state index is 13.8. The average molecular weight is 1140 g/mol. The molecular weight excluding hydrogens is 1080 g/mol. The first-order valence-electron chi connectivity index (χ1n) is 24.2. The molecule has 22 heteroatoms. The van der Waals surface area contributed by atoms with Gasteiger partial charge in [0.2, 0.25) is 0 Å². The van der Waals surface area contributed by atoms with Crippen LogP contribution in [-0.4, -0.2) is 29.9 Å². The molecular formula is C58H50F16N6. The summed E-state index contributed by atoms with van der Waals surface area (Å²) in [5.74, 6) is -1.82. The van der Waals surface area contributed by atoms with Crippen LogP contribution in [0, 0.1) is 23.3 Å². The van der Waals surface area contributed by atoms with Crippen LogP contribution in [0.25, 0.3) is 44.8 Å². The van der Waals surface area contributed by atoms with Crippen molar-refractivity contribution in [1.29, 1.82) is 0 Å².